The summed E-state index contributed by atoms with van der Waals surface area (Å²) in [6.07, 6.45) is 4.38. The van der Waals surface area contributed by atoms with Gasteiger partial charge in [0.2, 0.25) is 0 Å². The van der Waals surface area contributed by atoms with Crippen molar-refractivity contribution in [1.29, 1.82) is 0 Å². The lowest BCUT2D eigenvalue weighted by atomic mass is 10.1. The van der Waals surface area contributed by atoms with Gasteiger partial charge in [-0.2, -0.15) is 0 Å². The second-order valence-electron chi connectivity index (χ2n) is 4.33. The summed E-state index contributed by atoms with van der Waals surface area (Å²) < 4.78 is 55.0. The Hall–Kier alpha value is -2.57. The summed E-state index contributed by atoms with van der Waals surface area (Å²) in [6.45, 7) is 10.7. The topological polar surface area (TPSA) is 55.1 Å². The van der Waals surface area contributed by atoms with Crippen LogP contribution in [0, 0.1) is 23.3 Å². The molecule has 1 amide bonds. The Morgan fingerprint density at radius 2 is 1.54 bits per heavy atom. The van der Waals surface area contributed by atoms with Crippen molar-refractivity contribution in [3.8, 4) is 0 Å². The van der Waals surface area contributed by atoms with Crippen LogP contribution >= 0.6 is 0 Å². The average Bonchev–Trinajstić information content (AvgIpc) is 2.57. The Morgan fingerprint density at radius 3 is 1.88 bits per heavy atom. The van der Waals surface area contributed by atoms with Gasteiger partial charge in [0.15, 0.2) is 23.3 Å². The molecule has 24 heavy (non-hydrogen) atoms. The number of halogens is 4. The van der Waals surface area contributed by atoms with Gasteiger partial charge in [0, 0.05) is 5.70 Å². The Kier molecular flexibility index (Phi) is 8.52. The summed E-state index contributed by atoms with van der Waals surface area (Å²) in [5.74, 6) is -8.79. The van der Waals surface area contributed by atoms with Crippen molar-refractivity contribution in [2.75, 3.05) is 5.32 Å². The van der Waals surface area contributed by atoms with Gasteiger partial charge in [-0.25, -0.2) is 17.6 Å². The Labute approximate surface area is 138 Å². The van der Waals surface area contributed by atoms with E-state index in [0.29, 0.717) is 5.57 Å². The molecule has 0 fully saturated rings. The molecule has 0 spiro atoms. The Morgan fingerprint density at radius 1 is 1.08 bits per heavy atom. The maximum absolute atomic E-state index is 13.9. The van der Waals surface area contributed by atoms with E-state index in [1.54, 1.807) is 13.8 Å². The number of rotatable bonds is 5. The fraction of sp³-hybridized carbons (Fsp3) is 0.235. The molecule has 0 heterocycles. The molecule has 0 unspecified atom stereocenters. The van der Waals surface area contributed by atoms with Gasteiger partial charge in [-0.1, -0.05) is 32.6 Å². The number of anilines is 1. The number of carbonyl (C=O) groups excluding carboxylic acids is 1. The van der Waals surface area contributed by atoms with Gasteiger partial charge in [0.1, 0.15) is 11.3 Å². The summed E-state index contributed by atoms with van der Waals surface area (Å²) in [5, 5.41) is 2.23. The third kappa shape index (κ3) is 4.71. The molecule has 0 saturated heterocycles. The van der Waals surface area contributed by atoms with E-state index in [1.165, 1.54) is 18.2 Å². The summed E-state index contributed by atoms with van der Waals surface area (Å²) >= 11 is 0. The van der Waals surface area contributed by atoms with Gasteiger partial charge >= 0.3 is 0 Å². The predicted octanol–water partition coefficient (Wildman–Crippen LogP) is 4.82. The quantitative estimate of drug-likeness (QED) is 0.457. The van der Waals surface area contributed by atoms with Crippen molar-refractivity contribution >= 4 is 11.6 Å². The summed E-state index contributed by atoms with van der Waals surface area (Å²) in [4.78, 5) is 10.9. The van der Waals surface area contributed by atoms with E-state index < -0.39 is 40.4 Å². The van der Waals surface area contributed by atoms with Gasteiger partial charge in [-0.3, -0.25) is 4.79 Å². The summed E-state index contributed by atoms with van der Waals surface area (Å²) in [5.41, 5.74) is 3.03. The smallest absolute Gasteiger partial charge is 0.254 e. The standard InChI is InChI=1S/C15H14F4N2O.C2H6/c1-4-7(3)6-8(5-2)21-14-12(18)10(16)9(15(20)22)11(17)13(14)19;1-2/h4-6,21H,1H2,2-3H3,(H2,20,22);1-2H3/b7-6-,8-5+;. The van der Waals surface area contributed by atoms with Crippen molar-refractivity contribution in [2.24, 2.45) is 5.73 Å². The maximum atomic E-state index is 13.9. The fourth-order valence-corrected chi connectivity index (χ4v) is 1.60. The molecular weight excluding hydrogens is 324 g/mol. The van der Waals surface area contributed by atoms with Gasteiger partial charge < -0.3 is 11.1 Å². The summed E-state index contributed by atoms with van der Waals surface area (Å²) in [6, 6.07) is 0. The molecule has 0 aromatic heterocycles. The van der Waals surface area contributed by atoms with E-state index in [4.69, 9.17) is 5.73 Å². The van der Waals surface area contributed by atoms with Crippen LogP contribution in [-0.2, 0) is 0 Å². The maximum Gasteiger partial charge on any atom is 0.254 e. The molecule has 0 bridgehead atoms. The molecule has 0 aliphatic rings. The number of amides is 1. The molecule has 0 aliphatic heterocycles. The number of allylic oxidation sites excluding steroid dienone is 4. The highest BCUT2D eigenvalue weighted by Crippen LogP contribution is 2.29. The molecular formula is C17H20F4N2O. The Bertz CT molecular complexity index is 665. The number of hydrogen-bond acceptors (Lipinski definition) is 2. The summed E-state index contributed by atoms with van der Waals surface area (Å²) in [7, 11) is 0. The molecule has 7 heteroatoms. The van der Waals surface area contributed by atoms with Crippen LogP contribution in [0.2, 0.25) is 0 Å². The predicted molar refractivity (Wildman–Crippen MR) is 87.5 cm³/mol. The molecule has 0 atom stereocenters. The van der Waals surface area contributed by atoms with Crippen LogP contribution < -0.4 is 11.1 Å². The lowest BCUT2D eigenvalue weighted by Gasteiger charge is -2.13. The van der Waals surface area contributed by atoms with E-state index in [2.05, 4.69) is 11.9 Å². The fourth-order valence-electron chi connectivity index (χ4n) is 1.60. The van der Waals surface area contributed by atoms with Crippen molar-refractivity contribution in [3.05, 3.63) is 64.9 Å². The molecule has 1 rings (SSSR count). The van der Waals surface area contributed by atoms with Crippen molar-refractivity contribution in [2.45, 2.75) is 27.7 Å². The third-order valence-corrected chi connectivity index (χ3v) is 2.80. The minimum absolute atomic E-state index is 0.181. The largest absolute Gasteiger partial charge is 0.365 e. The minimum atomic E-state index is -1.85. The second-order valence-corrected chi connectivity index (χ2v) is 4.33. The van der Waals surface area contributed by atoms with Crippen LogP contribution in [-0.4, -0.2) is 5.91 Å². The lowest BCUT2D eigenvalue weighted by Crippen LogP contribution is -2.19. The van der Waals surface area contributed by atoms with E-state index in [9.17, 15) is 22.4 Å². The first-order valence-electron chi connectivity index (χ1n) is 7.14. The third-order valence-electron chi connectivity index (χ3n) is 2.80. The Balaban J connectivity index is 0.00000254. The van der Waals surface area contributed by atoms with Gasteiger partial charge in [0.05, 0.1) is 0 Å². The number of benzene rings is 1. The van der Waals surface area contributed by atoms with E-state index in [0.717, 1.165) is 0 Å². The normalized spacial score (nSPS) is 11.5. The number of nitrogens with two attached hydrogens (primary N) is 1. The SMILES string of the molecule is C=C/C(C)=C\C(=C/C)Nc1c(F)c(F)c(C(N)=O)c(F)c1F.CC. The molecule has 3 nitrogen and oxygen atoms in total. The zero-order valence-electron chi connectivity index (χ0n) is 13.9. The second kappa shape index (κ2) is 9.54. The first-order valence-corrected chi connectivity index (χ1v) is 7.14. The zero-order valence-corrected chi connectivity index (χ0v) is 13.9. The highest BCUT2D eigenvalue weighted by atomic mass is 19.2. The van der Waals surface area contributed by atoms with Crippen LogP contribution in [0.3, 0.4) is 0 Å². The molecule has 0 radical (unpaired) electrons. The van der Waals surface area contributed by atoms with E-state index in [1.807, 2.05) is 13.8 Å². The van der Waals surface area contributed by atoms with Gasteiger partial charge in [-0.05, 0) is 25.5 Å². The van der Waals surface area contributed by atoms with Crippen molar-refractivity contribution < 1.29 is 22.4 Å². The zero-order chi connectivity index (χ0) is 19.0. The van der Waals surface area contributed by atoms with Gasteiger partial charge in [0.25, 0.3) is 5.91 Å². The molecule has 0 aliphatic carbocycles. The van der Waals surface area contributed by atoms with Crippen LogP contribution in [0.4, 0.5) is 23.2 Å². The lowest BCUT2D eigenvalue weighted by molar-refractivity contribution is 0.0990. The average molecular weight is 344 g/mol. The van der Waals surface area contributed by atoms with Crippen molar-refractivity contribution in [1.82, 2.24) is 0 Å². The first-order chi connectivity index (χ1) is 11.2. The number of primary amides is 1. The number of hydrogen-bond donors (Lipinski definition) is 2. The highest BCUT2D eigenvalue weighted by molar-refractivity contribution is 5.94. The van der Waals surface area contributed by atoms with Crippen LogP contribution in [0.1, 0.15) is 38.1 Å². The van der Waals surface area contributed by atoms with Gasteiger partial charge in [-0.15, -0.1) is 0 Å². The van der Waals surface area contributed by atoms with Crippen LogP contribution in [0.5, 0.6) is 0 Å². The molecule has 3 N–H and O–H groups in total. The van der Waals surface area contributed by atoms with E-state index in [-0.39, 0.29) is 5.70 Å². The molecule has 1 aromatic carbocycles. The molecule has 1 aromatic rings. The number of carbonyl (C=O) groups is 1. The molecule has 0 saturated carbocycles. The van der Waals surface area contributed by atoms with Crippen LogP contribution in [0.15, 0.2) is 36.1 Å². The minimum Gasteiger partial charge on any atom is -0.365 e. The van der Waals surface area contributed by atoms with E-state index >= 15 is 0 Å². The van der Waals surface area contributed by atoms with Crippen LogP contribution in [0.25, 0.3) is 0 Å². The van der Waals surface area contributed by atoms with Crippen molar-refractivity contribution in [3.63, 3.8) is 0 Å². The molecule has 132 valence electrons. The first kappa shape index (κ1) is 21.4. The highest BCUT2D eigenvalue weighted by Gasteiger charge is 2.28. The monoisotopic (exact) mass is 344 g/mol. The number of nitrogens with one attached hydrogen (secondary N) is 1.